The molecule has 0 aliphatic heterocycles. The minimum absolute atomic E-state index is 0.466. The van der Waals surface area contributed by atoms with E-state index in [1.54, 1.807) is 6.07 Å². The normalized spacial score (nSPS) is 10.5. The van der Waals surface area contributed by atoms with E-state index in [1.807, 2.05) is 36.4 Å². The Morgan fingerprint density at radius 1 is 1.32 bits per heavy atom. The van der Waals surface area contributed by atoms with Gasteiger partial charge in [0, 0.05) is 24.1 Å². The van der Waals surface area contributed by atoms with E-state index >= 15 is 0 Å². The van der Waals surface area contributed by atoms with Crippen molar-refractivity contribution in [2.24, 2.45) is 0 Å². The predicted octanol–water partition coefficient (Wildman–Crippen LogP) is 4.25. The fourth-order valence-corrected chi connectivity index (χ4v) is 2.65. The highest BCUT2D eigenvalue weighted by atomic mass is 79.9. The van der Waals surface area contributed by atoms with Gasteiger partial charge in [-0.05, 0) is 17.9 Å². The van der Waals surface area contributed by atoms with Crippen LogP contribution < -0.4 is 4.90 Å². The Bertz CT molecular complexity index is 580. The van der Waals surface area contributed by atoms with E-state index in [9.17, 15) is 0 Å². The number of nitrogens with zero attached hydrogens (tertiary/aromatic N) is 3. The highest BCUT2D eigenvalue weighted by Crippen LogP contribution is 2.23. The van der Waals surface area contributed by atoms with Gasteiger partial charge in [-0.15, -0.1) is 0 Å². The van der Waals surface area contributed by atoms with E-state index < -0.39 is 0 Å². The van der Waals surface area contributed by atoms with Gasteiger partial charge in [-0.2, -0.15) is 0 Å². The van der Waals surface area contributed by atoms with Crippen molar-refractivity contribution >= 4 is 45.1 Å². The topological polar surface area (TPSA) is 29.0 Å². The Balaban J connectivity index is 2.22. The summed E-state index contributed by atoms with van der Waals surface area (Å²) in [6.45, 7) is 0.753. The van der Waals surface area contributed by atoms with Gasteiger partial charge in [0.2, 0.25) is 0 Å². The van der Waals surface area contributed by atoms with Gasteiger partial charge >= 0.3 is 0 Å². The number of rotatable bonds is 4. The lowest BCUT2D eigenvalue weighted by molar-refractivity contribution is 0.854. The molecule has 2 aromatic rings. The molecule has 1 aromatic heterocycles. The molecule has 1 heterocycles. The molecule has 6 heteroatoms. The highest BCUT2D eigenvalue weighted by molar-refractivity contribution is 9.10. The maximum atomic E-state index is 6.01. The summed E-state index contributed by atoms with van der Waals surface area (Å²) in [4.78, 5) is 10.6. The average molecular weight is 359 g/mol. The van der Waals surface area contributed by atoms with Crippen molar-refractivity contribution in [3.8, 4) is 0 Å². The van der Waals surface area contributed by atoms with Crippen LogP contribution in [0.25, 0.3) is 0 Å². The first kappa shape index (κ1) is 14.6. The third-order valence-electron chi connectivity index (χ3n) is 2.60. The fourth-order valence-electron chi connectivity index (χ4n) is 1.64. The number of benzene rings is 1. The van der Waals surface area contributed by atoms with Crippen LogP contribution in [0.15, 0.2) is 40.0 Å². The van der Waals surface area contributed by atoms with Crippen LogP contribution in [0.4, 0.5) is 5.82 Å². The summed E-state index contributed by atoms with van der Waals surface area (Å²) in [7, 11) is 1.99. The van der Waals surface area contributed by atoms with E-state index in [0.717, 1.165) is 16.8 Å². The number of thioether (sulfide) groups is 1. The van der Waals surface area contributed by atoms with Gasteiger partial charge in [0.1, 0.15) is 11.0 Å². The monoisotopic (exact) mass is 357 g/mol. The number of aromatic nitrogens is 2. The molecule has 0 saturated heterocycles. The third kappa shape index (κ3) is 3.84. The summed E-state index contributed by atoms with van der Waals surface area (Å²) >= 11 is 11.0. The molecule has 0 atom stereocenters. The second-order valence-electron chi connectivity index (χ2n) is 3.98. The molecular weight excluding hydrogens is 346 g/mol. The molecule has 19 heavy (non-hydrogen) atoms. The smallest absolute Gasteiger partial charge is 0.190 e. The highest BCUT2D eigenvalue weighted by Gasteiger charge is 2.09. The largest absolute Gasteiger partial charge is 0.355 e. The van der Waals surface area contributed by atoms with Gasteiger partial charge in [0.15, 0.2) is 5.16 Å². The summed E-state index contributed by atoms with van der Waals surface area (Å²) in [5.74, 6) is 0.820. The number of hydrogen-bond donors (Lipinski definition) is 0. The number of hydrogen-bond acceptors (Lipinski definition) is 4. The zero-order valence-corrected chi connectivity index (χ0v) is 13.8. The van der Waals surface area contributed by atoms with Gasteiger partial charge < -0.3 is 4.90 Å². The second kappa shape index (κ2) is 6.59. The Kier molecular flexibility index (Phi) is 5.07. The molecule has 1 aromatic carbocycles. The van der Waals surface area contributed by atoms with Crippen molar-refractivity contribution in [3.63, 3.8) is 0 Å². The summed E-state index contributed by atoms with van der Waals surface area (Å²) in [5, 5.41) is 1.15. The Morgan fingerprint density at radius 3 is 2.74 bits per heavy atom. The van der Waals surface area contributed by atoms with Gasteiger partial charge in [-0.1, -0.05) is 57.5 Å². The molecule has 0 unspecified atom stereocenters. The molecule has 0 aliphatic rings. The molecule has 0 N–H and O–H groups in total. The minimum Gasteiger partial charge on any atom is -0.355 e. The van der Waals surface area contributed by atoms with Gasteiger partial charge in [0.25, 0.3) is 0 Å². The van der Waals surface area contributed by atoms with Crippen LogP contribution in [0, 0.1) is 0 Å². The molecule has 0 aliphatic carbocycles. The Morgan fingerprint density at radius 2 is 2.05 bits per heavy atom. The first-order chi connectivity index (χ1) is 9.10. The van der Waals surface area contributed by atoms with Crippen LogP contribution in [0.1, 0.15) is 5.56 Å². The molecule has 0 bridgehead atoms. The van der Waals surface area contributed by atoms with E-state index in [4.69, 9.17) is 11.6 Å². The van der Waals surface area contributed by atoms with E-state index in [0.29, 0.717) is 10.3 Å². The third-order valence-corrected chi connectivity index (χ3v) is 4.11. The molecule has 100 valence electrons. The lowest BCUT2D eigenvalue weighted by atomic mass is 10.2. The molecule has 0 fully saturated rings. The first-order valence-electron chi connectivity index (χ1n) is 5.63. The van der Waals surface area contributed by atoms with Crippen molar-refractivity contribution in [2.45, 2.75) is 11.7 Å². The average Bonchev–Trinajstić information content (AvgIpc) is 2.40. The van der Waals surface area contributed by atoms with E-state index in [-0.39, 0.29) is 0 Å². The van der Waals surface area contributed by atoms with Crippen molar-refractivity contribution in [2.75, 3.05) is 18.2 Å². The molecule has 0 radical (unpaired) electrons. The molecule has 3 nitrogen and oxygen atoms in total. The standard InChI is InChI=1S/C13H13BrClN3S/c1-18(8-9-5-3-4-6-10(9)14)12-7-11(15)16-13(17-12)19-2/h3-7H,8H2,1-2H3. The van der Waals surface area contributed by atoms with E-state index in [1.165, 1.54) is 17.3 Å². The minimum atomic E-state index is 0.466. The van der Waals surface area contributed by atoms with Crippen molar-refractivity contribution in [1.29, 1.82) is 0 Å². The zero-order chi connectivity index (χ0) is 13.8. The molecule has 0 saturated carbocycles. The maximum absolute atomic E-state index is 6.01. The summed E-state index contributed by atoms with van der Waals surface area (Å²) in [5.41, 5.74) is 1.20. The summed E-state index contributed by atoms with van der Waals surface area (Å²) in [6, 6.07) is 9.91. The van der Waals surface area contributed by atoms with Crippen LogP contribution in [0.3, 0.4) is 0 Å². The van der Waals surface area contributed by atoms with Gasteiger partial charge in [-0.3, -0.25) is 0 Å². The summed E-state index contributed by atoms with van der Waals surface area (Å²) < 4.78 is 1.09. The molecular formula is C13H13BrClN3S. The number of anilines is 1. The number of halogens is 2. The van der Waals surface area contributed by atoms with Gasteiger partial charge in [-0.25, -0.2) is 9.97 Å². The van der Waals surface area contributed by atoms with Crippen LogP contribution in [-0.4, -0.2) is 23.3 Å². The van der Waals surface area contributed by atoms with Crippen molar-refractivity contribution in [1.82, 2.24) is 9.97 Å². The molecule has 2 rings (SSSR count). The van der Waals surface area contributed by atoms with Crippen LogP contribution in [0.2, 0.25) is 5.15 Å². The van der Waals surface area contributed by atoms with Crippen LogP contribution in [0.5, 0.6) is 0 Å². The maximum Gasteiger partial charge on any atom is 0.190 e. The Labute approximate surface area is 130 Å². The zero-order valence-electron chi connectivity index (χ0n) is 10.6. The van der Waals surface area contributed by atoms with E-state index in [2.05, 4.69) is 32.0 Å². The SMILES string of the molecule is CSc1nc(Cl)cc(N(C)Cc2ccccc2Br)n1. The summed E-state index contributed by atoms with van der Waals surface area (Å²) in [6.07, 6.45) is 1.93. The van der Waals surface area contributed by atoms with Crippen LogP contribution >= 0.6 is 39.3 Å². The second-order valence-corrected chi connectivity index (χ2v) is 6.00. The van der Waals surface area contributed by atoms with Crippen molar-refractivity contribution < 1.29 is 0 Å². The lowest BCUT2D eigenvalue weighted by Gasteiger charge is -2.19. The lowest BCUT2D eigenvalue weighted by Crippen LogP contribution is -2.18. The van der Waals surface area contributed by atoms with Crippen LogP contribution in [-0.2, 0) is 6.54 Å². The van der Waals surface area contributed by atoms with Crippen molar-refractivity contribution in [3.05, 3.63) is 45.5 Å². The first-order valence-corrected chi connectivity index (χ1v) is 8.03. The quantitative estimate of drug-likeness (QED) is 0.464. The molecule has 0 spiro atoms. The Hall–Kier alpha value is -0.780. The fraction of sp³-hybridized carbons (Fsp3) is 0.231. The predicted molar refractivity (Wildman–Crippen MR) is 85.1 cm³/mol. The molecule has 0 amide bonds. The van der Waals surface area contributed by atoms with Gasteiger partial charge in [0.05, 0.1) is 0 Å².